The maximum atomic E-state index is 6.10. The lowest BCUT2D eigenvalue weighted by Gasteiger charge is -2.15. The largest absolute Gasteiger partial charge is 0.330 e. The van der Waals surface area contributed by atoms with E-state index in [0.29, 0.717) is 6.54 Å². The Hall–Kier alpha value is -0.860. The van der Waals surface area contributed by atoms with Gasteiger partial charge in [0, 0.05) is 6.04 Å². The van der Waals surface area contributed by atoms with Crippen molar-refractivity contribution in [2.24, 2.45) is 11.5 Å². The fourth-order valence-corrected chi connectivity index (χ4v) is 1.75. The Bertz CT molecular complexity index is 271. The molecule has 2 heteroatoms. The van der Waals surface area contributed by atoms with Crippen molar-refractivity contribution < 1.29 is 0 Å². The first-order valence-electron chi connectivity index (χ1n) is 5.33. The van der Waals surface area contributed by atoms with Gasteiger partial charge < -0.3 is 11.5 Å². The Labute approximate surface area is 86.3 Å². The normalized spacial score (nSPS) is 12.8. The molecule has 0 saturated carbocycles. The van der Waals surface area contributed by atoms with E-state index in [1.54, 1.807) is 0 Å². The number of hydrogen-bond acceptors (Lipinski definition) is 2. The van der Waals surface area contributed by atoms with Crippen LogP contribution in [0.15, 0.2) is 24.3 Å². The van der Waals surface area contributed by atoms with Gasteiger partial charge in [-0.1, -0.05) is 37.6 Å². The summed E-state index contributed by atoms with van der Waals surface area (Å²) in [5.41, 5.74) is 14.2. The molecule has 14 heavy (non-hydrogen) atoms. The quantitative estimate of drug-likeness (QED) is 0.749. The molecule has 78 valence electrons. The molecule has 0 aliphatic carbocycles. The Kier molecular flexibility index (Phi) is 4.63. The van der Waals surface area contributed by atoms with Crippen molar-refractivity contribution in [3.8, 4) is 0 Å². The van der Waals surface area contributed by atoms with Crippen LogP contribution in [0.25, 0.3) is 0 Å². The standard InChI is InChI=1S/C12H20N2/c1-2-5-12(14)11-7-4-3-6-10(11)8-9-13/h3-4,6-7,12H,2,5,8-9,13-14H2,1H3. The fraction of sp³-hybridized carbons (Fsp3) is 0.500. The minimum absolute atomic E-state index is 0.169. The maximum Gasteiger partial charge on any atom is 0.0297 e. The summed E-state index contributed by atoms with van der Waals surface area (Å²) >= 11 is 0. The average Bonchev–Trinajstić information content (AvgIpc) is 2.19. The molecule has 1 unspecified atom stereocenters. The molecule has 0 aromatic heterocycles. The third-order valence-corrected chi connectivity index (χ3v) is 2.47. The molecule has 0 heterocycles. The third-order valence-electron chi connectivity index (χ3n) is 2.47. The zero-order valence-electron chi connectivity index (χ0n) is 8.87. The predicted octanol–water partition coefficient (Wildman–Crippen LogP) is 1.99. The predicted molar refractivity (Wildman–Crippen MR) is 61.0 cm³/mol. The second kappa shape index (κ2) is 5.78. The number of rotatable bonds is 5. The molecule has 2 nitrogen and oxygen atoms in total. The van der Waals surface area contributed by atoms with Crippen LogP contribution in [0.3, 0.4) is 0 Å². The van der Waals surface area contributed by atoms with Crippen molar-refractivity contribution in [1.29, 1.82) is 0 Å². The Morgan fingerprint density at radius 3 is 2.64 bits per heavy atom. The molecule has 0 amide bonds. The van der Waals surface area contributed by atoms with E-state index in [0.717, 1.165) is 19.3 Å². The summed E-state index contributed by atoms with van der Waals surface area (Å²) in [4.78, 5) is 0. The first kappa shape index (κ1) is 11.2. The van der Waals surface area contributed by atoms with Crippen molar-refractivity contribution in [2.45, 2.75) is 32.2 Å². The molecule has 0 aliphatic rings. The van der Waals surface area contributed by atoms with Crippen LogP contribution in [0.5, 0.6) is 0 Å². The summed E-state index contributed by atoms with van der Waals surface area (Å²) in [6, 6.07) is 8.50. The highest BCUT2D eigenvalue weighted by atomic mass is 14.6. The highest BCUT2D eigenvalue weighted by Gasteiger charge is 2.08. The van der Waals surface area contributed by atoms with Gasteiger partial charge in [0.2, 0.25) is 0 Å². The molecule has 1 aromatic carbocycles. The van der Waals surface area contributed by atoms with Gasteiger partial charge in [-0.25, -0.2) is 0 Å². The second-order valence-corrected chi connectivity index (χ2v) is 3.63. The van der Waals surface area contributed by atoms with Crippen LogP contribution >= 0.6 is 0 Å². The van der Waals surface area contributed by atoms with Gasteiger partial charge in [-0.3, -0.25) is 0 Å². The second-order valence-electron chi connectivity index (χ2n) is 3.63. The lowest BCUT2D eigenvalue weighted by molar-refractivity contribution is 0.631. The molecule has 1 atom stereocenters. The highest BCUT2D eigenvalue weighted by Crippen LogP contribution is 2.20. The molecular formula is C12H20N2. The zero-order valence-corrected chi connectivity index (χ0v) is 8.87. The van der Waals surface area contributed by atoms with E-state index >= 15 is 0 Å². The zero-order chi connectivity index (χ0) is 10.4. The van der Waals surface area contributed by atoms with Gasteiger partial charge in [0.05, 0.1) is 0 Å². The Balaban J connectivity index is 2.82. The van der Waals surface area contributed by atoms with Gasteiger partial charge in [0.1, 0.15) is 0 Å². The van der Waals surface area contributed by atoms with Gasteiger partial charge in [0.25, 0.3) is 0 Å². The number of hydrogen-bond donors (Lipinski definition) is 2. The monoisotopic (exact) mass is 192 g/mol. The molecule has 1 rings (SSSR count). The Morgan fingerprint density at radius 1 is 1.29 bits per heavy atom. The van der Waals surface area contributed by atoms with Crippen molar-refractivity contribution >= 4 is 0 Å². The summed E-state index contributed by atoms with van der Waals surface area (Å²) in [7, 11) is 0. The Morgan fingerprint density at radius 2 is 2.00 bits per heavy atom. The molecule has 0 bridgehead atoms. The van der Waals surface area contributed by atoms with Crippen LogP contribution in [-0.2, 0) is 6.42 Å². The van der Waals surface area contributed by atoms with E-state index in [1.807, 2.05) is 12.1 Å². The van der Waals surface area contributed by atoms with Crippen LogP contribution in [0.2, 0.25) is 0 Å². The summed E-state index contributed by atoms with van der Waals surface area (Å²) < 4.78 is 0. The van der Waals surface area contributed by atoms with Crippen molar-refractivity contribution in [3.63, 3.8) is 0 Å². The molecule has 0 fully saturated rings. The van der Waals surface area contributed by atoms with E-state index in [-0.39, 0.29) is 6.04 Å². The summed E-state index contributed by atoms with van der Waals surface area (Å²) in [6.07, 6.45) is 3.09. The smallest absolute Gasteiger partial charge is 0.0297 e. The van der Waals surface area contributed by atoms with Gasteiger partial charge in [-0.2, -0.15) is 0 Å². The van der Waals surface area contributed by atoms with Crippen LogP contribution < -0.4 is 11.5 Å². The third kappa shape index (κ3) is 2.82. The van der Waals surface area contributed by atoms with Gasteiger partial charge in [-0.05, 0) is 30.5 Å². The van der Waals surface area contributed by atoms with E-state index < -0.39 is 0 Å². The van der Waals surface area contributed by atoms with E-state index in [9.17, 15) is 0 Å². The SMILES string of the molecule is CCCC(N)c1ccccc1CCN. The summed E-state index contributed by atoms with van der Waals surface area (Å²) in [5, 5.41) is 0. The highest BCUT2D eigenvalue weighted by molar-refractivity contribution is 5.30. The van der Waals surface area contributed by atoms with Crippen molar-refractivity contribution in [3.05, 3.63) is 35.4 Å². The fourth-order valence-electron chi connectivity index (χ4n) is 1.75. The lowest BCUT2D eigenvalue weighted by atomic mass is 9.96. The summed E-state index contributed by atoms with van der Waals surface area (Å²) in [5.74, 6) is 0. The lowest BCUT2D eigenvalue weighted by Crippen LogP contribution is -2.14. The molecule has 0 saturated heterocycles. The molecule has 0 radical (unpaired) electrons. The number of nitrogens with two attached hydrogens (primary N) is 2. The molecule has 4 N–H and O–H groups in total. The van der Waals surface area contributed by atoms with Crippen LogP contribution in [0.1, 0.15) is 36.9 Å². The van der Waals surface area contributed by atoms with E-state index in [2.05, 4.69) is 19.1 Å². The maximum absolute atomic E-state index is 6.10. The number of benzene rings is 1. The first-order chi connectivity index (χ1) is 6.79. The topological polar surface area (TPSA) is 52.0 Å². The van der Waals surface area contributed by atoms with Crippen LogP contribution in [0.4, 0.5) is 0 Å². The molecule has 0 spiro atoms. The van der Waals surface area contributed by atoms with Gasteiger partial charge >= 0.3 is 0 Å². The molecular weight excluding hydrogens is 172 g/mol. The minimum Gasteiger partial charge on any atom is -0.330 e. The molecule has 1 aromatic rings. The van der Waals surface area contributed by atoms with Crippen LogP contribution in [-0.4, -0.2) is 6.54 Å². The summed E-state index contributed by atoms with van der Waals surface area (Å²) in [6.45, 7) is 2.85. The van der Waals surface area contributed by atoms with Gasteiger partial charge in [-0.15, -0.1) is 0 Å². The van der Waals surface area contributed by atoms with Gasteiger partial charge in [0.15, 0.2) is 0 Å². The van der Waals surface area contributed by atoms with Crippen molar-refractivity contribution in [2.75, 3.05) is 6.54 Å². The minimum atomic E-state index is 0.169. The van der Waals surface area contributed by atoms with E-state index in [4.69, 9.17) is 11.5 Å². The molecule has 0 aliphatic heterocycles. The van der Waals surface area contributed by atoms with Crippen molar-refractivity contribution in [1.82, 2.24) is 0 Å². The average molecular weight is 192 g/mol. The van der Waals surface area contributed by atoms with E-state index in [1.165, 1.54) is 11.1 Å². The first-order valence-corrected chi connectivity index (χ1v) is 5.33. The van der Waals surface area contributed by atoms with Crippen LogP contribution in [0, 0.1) is 0 Å².